The molecule has 5 heteroatoms. The molecule has 1 aromatic carbocycles. The third-order valence-corrected chi connectivity index (χ3v) is 2.86. The zero-order valence-electron chi connectivity index (χ0n) is 9.38. The lowest BCUT2D eigenvalue weighted by molar-refractivity contribution is 0.0689. The molecule has 1 aromatic heterocycles. The highest BCUT2D eigenvalue weighted by Gasteiger charge is 2.27. The number of nitrogens with two attached hydrogens (primary N) is 1. The third-order valence-electron chi connectivity index (χ3n) is 2.86. The number of benzene rings is 1. The molecule has 3 N–H and O–H groups in total. The van der Waals surface area contributed by atoms with Crippen LogP contribution in [0.25, 0.3) is 11.4 Å². The van der Waals surface area contributed by atoms with Gasteiger partial charge in [-0.2, -0.15) is 0 Å². The minimum Gasteiger partial charge on any atom is -0.476 e. The quantitative estimate of drug-likeness (QED) is 0.802. The summed E-state index contributed by atoms with van der Waals surface area (Å²) in [5, 5.41) is 9.25. The average molecular weight is 242 g/mol. The second-order valence-corrected chi connectivity index (χ2v) is 3.97. The lowest BCUT2D eigenvalue weighted by Gasteiger charge is -2.22. The maximum absolute atomic E-state index is 11.3. The molecule has 0 amide bonds. The predicted octanol–water partition coefficient (Wildman–Crippen LogP) is 2.12. The molecule has 3 rings (SSSR count). The fourth-order valence-corrected chi connectivity index (χ4v) is 2.12. The first kappa shape index (κ1) is 10.5. The molecule has 0 unspecified atom stereocenters. The van der Waals surface area contributed by atoms with Gasteiger partial charge in [-0.15, -0.1) is 0 Å². The maximum Gasteiger partial charge on any atom is 0.355 e. The Balaban J connectivity index is 2.40. The number of carboxylic acids is 1. The van der Waals surface area contributed by atoms with Crippen molar-refractivity contribution in [3.63, 3.8) is 0 Å². The van der Waals surface area contributed by atoms with E-state index in [-0.39, 0.29) is 11.4 Å². The summed E-state index contributed by atoms with van der Waals surface area (Å²) in [6.07, 6.45) is 0. The van der Waals surface area contributed by atoms with Gasteiger partial charge >= 0.3 is 5.97 Å². The molecule has 2 aromatic rings. The van der Waals surface area contributed by atoms with Crippen LogP contribution in [0, 0.1) is 0 Å². The molecule has 0 spiro atoms. The van der Waals surface area contributed by atoms with Crippen molar-refractivity contribution in [1.82, 2.24) is 4.57 Å². The lowest BCUT2D eigenvalue weighted by Crippen LogP contribution is -2.15. The normalized spacial score (nSPS) is 12.6. The summed E-state index contributed by atoms with van der Waals surface area (Å²) in [6, 6.07) is 8.70. The highest BCUT2D eigenvalue weighted by Crippen LogP contribution is 2.38. The number of para-hydroxylation sites is 2. The number of anilines is 1. The van der Waals surface area contributed by atoms with Crippen molar-refractivity contribution >= 4 is 17.4 Å². The van der Waals surface area contributed by atoms with E-state index in [1.54, 1.807) is 22.8 Å². The fraction of sp³-hybridized carbons (Fsp3) is 0. The van der Waals surface area contributed by atoms with Crippen LogP contribution in [-0.4, -0.2) is 15.6 Å². The van der Waals surface area contributed by atoms with Crippen molar-refractivity contribution in [1.29, 1.82) is 0 Å². The van der Waals surface area contributed by atoms with Gasteiger partial charge < -0.3 is 15.6 Å². The Morgan fingerprint density at radius 3 is 2.83 bits per heavy atom. The number of carbonyl (C=O) groups is 1. The zero-order chi connectivity index (χ0) is 12.9. The molecular formula is C13H10N2O3. The summed E-state index contributed by atoms with van der Waals surface area (Å²) in [6.45, 7) is 3.78. The summed E-state index contributed by atoms with van der Waals surface area (Å²) in [5.74, 6) is -0.135. The van der Waals surface area contributed by atoms with Crippen LogP contribution in [-0.2, 0) is 0 Å². The van der Waals surface area contributed by atoms with Crippen LogP contribution in [0.4, 0.5) is 5.69 Å². The largest absolute Gasteiger partial charge is 0.476 e. The van der Waals surface area contributed by atoms with Gasteiger partial charge in [0.05, 0.1) is 17.1 Å². The van der Waals surface area contributed by atoms with Crippen molar-refractivity contribution in [2.24, 2.45) is 0 Å². The number of hydrogen-bond acceptors (Lipinski definition) is 3. The molecule has 0 radical (unpaired) electrons. The van der Waals surface area contributed by atoms with Crippen molar-refractivity contribution in [2.45, 2.75) is 0 Å². The SMILES string of the molecule is C=C1Oc2ccccc2-n2c1cc(N)c2C(=O)O. The van der Waals surface area contributed by atoms with Gasteiger partial charge in [0.2, 0.25) is 0 Å². The van der Waals surface area contributed by atoms with Crippen LogP contribution in [0.15, 0.2) is 36.9 Å². The Labute approximate surface area is 103 Å². The first-order chi connectivity index (χ1) is 8.59. The van der Waals surface area contributed by atoms with E-state index in [1.807, 2.05) is 12.1 Å². The molecule has 0 fully saturated rings. The molecule has 0 bridgehead atoms. The Hall–Kier alpha value is -2.69. The third kappa shape index (κ3) is 1.24. The van der Waals surface area contributed by atoms with Crippen molar-refractivity contribution in [2.75, 3.05) is 5.73 Å². The summed E-state index contributed by atoms with van der Waals surface area (Å²) in [4.78, 5) is 11.3. The van der Waals surface area contributed by atoms with Gasteiger partial charge in [0, 0.05) is 0 Å². The van der Waals surface area contributed by atoms with E-state index in [0.29, 0.717) is 22.9 Å². The van der Waals surface area contributed by atoms with Crippen LogP contribution in [0.3, 0.4) is 0 Å². The monoisotopic (exact) mass is 242 g/mol. The van der Waals surface area contributed by atoms with E-state index in [9.17, 15) is 9.90 Å². The maximum atomic E-state index is 11.3. The van der Waals surface area contributed by atoms with Gasteiger partial charge in [0.15, 0.2) is 11.4 Å². The topological polar surface area (TPSA) is 77.5 Å². The number of aromatic carboxylic acids is 1. The number of nitrogen functional groups attached to an aromatic ring is 1. The first-order valence-electron chi connectivity index (χ1n) is 5.30. The van der Waals surface area contributed by atoms with Crippen molar-refractivity contribution < 1.29 is 14.6 Å². The zero-order valence-corrected chi connectivity index (χ0v) is 9.38. The number of fused-ring (bicyclic) bond motifs is 3. The van der Waals surface area contributed by atoms with Crippen LogP contribution in [0.2, 0.25) is 0 Å². The first-order valence-corrected chi connectivity index (χ1v) is 5.30. The van der Waals surface area contributed by atoms with Crippen LogP contribution < -0.4 is 10.5 Å². The molecule has 0 saturated carbocycles. The van der Waals surface area contributed by atoms with Gasteiger partial charge in [0.1, 0.15) is 5.76 Å². The Morgan fingerprint density at radius 2 is 2.11 bits per heavy atom. The van der Waals surface area contributed by atoms with Gasteiger partial charge in [-0.3, -0.25) is 4.57 Å². The molecule has 90 valence electrons. The van der Waals surface area contributed by atoms with Crippen LogP contribution in [0.1, 0.15) is 16.2 Å². The number of nitrogens with zero attached hydrogens (tertiary/aromatic N) is 1. The van der Waals surface area contributed by atoms with E-state index in [1.165, 1.54) is 0 Å². The van der Waals surface area contributed by atoms with E-state index in [0.717, 1.165) is 0 Å². The minimum absolute atomic E-state index is 0.0295. The molecule has 1 aliphatic heterocycles. The highest BCUT2D eigenvalue weighted by atomic mass is 16.5. The Kier molecular flexibility index (Phi) is 1.98. The number of aromatic nitrogens is 1. The van der Waals surface area contributed by atoms with Crippen molar-refractivity contribution in [3.8, 4) is 11.4 Å². The van der Waals surface area contributed by atoms with Gasteiger partial charge in [-0.25, -0.2) is 4.79 Å². The Morgan fingerprint density at radius 1 is 1.39 bits per heavy atom. The van der Waals surface area contributed by atoms with Gasteiger partial charge in [0.25, 0.3) is 0 Å². The predicted molar refractivity (Wildman–Crippen MR) is 66.8 cm³/mol. The van der Waals surface area contributed by atoms with E-state index >= 15 is 0 Å². The standard InChI is InChI=1S/C13H10N2O3/c1-7-10-6-8(14)12(13(16)17)15(10)9-4-2-3-5-11(9)18-7/h2-6H,1,14H2,(H,16,17). The molecule has 5 nitrogen and oxygen atoms in total. The minimum atomic E-state index is -1.08. The number of ether oxygens (including phenoxy) is 1. The lowest BCUT2D eigenvalue weighted by atomic mass is 10.2. The summed E-state index contributed by atoms with van der Waals surface area (Å²) < 4.78 is 7.10. The molecule has 1 aliphatic rings. The van der Waals surface area contributed by atoms with E-state index in [4.69, 9.17) is 10.5 Å². The van der Waals surface area contributed by atoms with Gasteiger partial charge in [-0.05, 0) is 18.2 Å². The second kappa shape index (κ2) is 3.40. The molecule has 0 atom stereocenters. The van der Waals surface area contributed by atoms with Crippen LogP contribution in [0.5, 0.6) is 5.75 Å². The smallest absolute Gasteiger partial charge is 0.355 e. The number of hydrogen-bond donors (Lipinski definition) is 2. The number of rotatable bonds is 1. The van der Waals surface area contributed by atoms with Crippen LogP contribution >= 0.6 is 0 Å². The fourth-order valence-electron chi connectivity index (χ4n) is 2.12. The molecule has 0 aliphatic carbocycles. The number of carboxylic acid groups (broad SMARTS) is 1. The second-order valence-electron chi connectivity index (χ2n) is 3.97. The Bertz CT molecular complexity index is 686. The molecular weight excluding hydrogens is 232 g/mol. The summed E-state index contributed by atoms with van der Waals surface area (Å²) >= 11 is 0. The van der Waals surface area contributed by atoms with E-state index < -0.39 is 5.97 Å². The van der Waals surface area contributed by atoms with E-state index in [2.05, 4.69) is 6.58 Å². The average Bonchev–Trinajstić information content (AvgIpc) is 2.67. The molecule has 2 heterocycles. The van der Waals surface area contributed by atoms with Gasteiger partial charge in [-0.1, -0.05) is 18.7 Å². The highest BCUT2D eigenvalue weighted by molar-refractivity contribution is 5.95. The summed E-state index contributed by atoms with van der Waals surface area (Å²) in [5.41, 5.74) is 7.17. The molecule has 18 heavy (non-hydrogen) atoms. The summed E-state index contributed by atoms with van der Waals surface area (Å²) in [7, 11) is 0. The van der Waals surface area contributed by atoms with Crippen molar-refractivity contribution in [3.05, 3.63) is 48.3 Å². The molecule has 0 saturated heterocycles.